The number of carbonyl (C=O) groups excluding carboxylic acids is 2. The summed E-state index contributed by atoms with van der Waals surface area (Å²) in [6.45, 7) is 1.00. The highest BCUT2D eigenvalue weighted by atomic mass is 16.2. The lowest BCUT2D eigenvalue weighted by molar-refractivity contribution is 0.1000. The molecule has 6 heteroatoms. The summed E-state index contributed by atoms with van der Waals surface area (Å²) < 4.78 is 0. The molecule has 0 saturated carbocycles. The minimum Gasteiger partial charge on any atom is -0.366 e. The Morgan fingerprint density at radius 2 is 1.80 bits per heavy atom. The van der Waals surface area contributed by atoms with Crippen LogP contribution in [-0.4, -0.2) is 37.5 Å². The number of amides is 3. The molecule has 0 saturated heterocycles. The summed E-state index contributed by atoms with van der Waals surface area (Å²) >= 11 is 0. The Bertz CT molecular complexity index is 716. The van der Waals surface area contributed by atoms with Crippen LogP contribution in [0.4, 0.5) is 4.79 Å². The van der Waals surface area contributed by atoms with E-state index in [9.17, 15) is 9.59 Å². The highest BCUT2D eigenvalue weighted by Gasteiger charge is 2.15. The van der Waals surface area contributed by atoms with E-state index >= 15 is 0 Å². The summed E-state index contributed by atoms with van der Waals surface area (Å²) in [4.78, 5) is 25.5. The number of nitrogens with one attached hydrogen (secondary N) is 2. The molecule has 132 valence electrons. The fourth-order valence-corrected chi connectivity index (χ4v) is 2.51. The lowest BCUT2D eigenvalue weighted by Gasteiger charge is -2.23. The summed E-state index contributed by atoms with van der Waals surface area (Å²) in [6.07, 6.45) is 0. The van der Waals surface area contributed by atoms with Crippen LogP contribution >= 0.6 is 0 Å². The van der Waals surface area contributed by atoms with E-state index in [1.807, 2.05) is 55.4 Å². The number of nitrogens with zero attached hydrogens (tertiary/aromatic N) is 1. The highest BCUT2D eigenvalue weighted by Crippen LogP contribution is 2.13. The van der Waals surface area contributed by atoms with Crippen LogP contribution in [0, 0.1) is 0 Å². The van der Waals surface area contributed by atoms with Gasteiger partial charge < -0.3 is 21.3 Å². The number of hydrogen-bond acceptors (Lipinski definition) is 3. The van der Waals surface area contributed by atoms with Gasteiger partial charge in [0.05, 0.1) is 6.04 Å². The SMILES string of the molecule is CN(C)CC(NC(=O)NCc1cccc(C(N)=O)c1)c1ccccc1. The summed E-state index contributed by atoms with van der Waals surface area (Å²) in [5, 5.41) is 5.81. The third kappa shape index (κ3) is 5.93. The van der Waals surface area contributed by atoms with Gasteiger partial charge in [0.25, 0.3) is 0 Å². The molecule has 0 aromatic heterocycles. The largest absolute Gasteiger partial charge is 0.366 e. The smallest absolute Gasteiger partial charge is 0.315 e. The minimum absolute atomic E-state index is 0.117. The second kappa shape index (κ2) is 8.84. The Labute approximate surface area is 148 Å². The van der Waals surface area contributed by atoms with Crippen molar-refractivity contribution in [2.24, 2.45) is 5.73 Å². The van der Waals surface area contributed by atoms with Crippen LogP contribution in [0.15, 0.2) is 54.6 Å². The van der Waals surface area contributed by atoms with Gasteiger partial charge in [-0.05, 0) is 37.4 Å². The Hall–Kier alpha value is -2.86. The predicted octanol–water partition coefficient (Wildman–Crippen LogP) is 1.89. The lowest BCUT2D eigenvalue weighted by atomic mass is 10.1. The molecular weight excluding hydrogens is 316 g/mol. The van der Waals surface area contributed by atoms with Crippen molar-refractivity contribution in [3.8, 4) is 0 Å². The van der Waals surface area contributed by atoms with E-state index in [-0.39, 0.29) is 12.1 Å². The zero-order chi connectivity index (χ0) is 18.2. The van der Waals surface area contributed by atoms with Gasteiger partial charge in [0.2, 0.25) is 5.91 Å². The molecule has 0 fully saturated rings. The van der Waals surface area contributed by atoms with Gasteiger partial charge in [-0.15, -0.1) is 0 Å². The van der Waals surface area contributed by atoms with Crippen molar-refractivity contribution in [3.63, 3.8) is 0 Å². The molecule has 2 rings (SSSR count). The van der Waals surface area contributed by atoms with Gasteiger partial charge in [-0.2, -0.15) is 0 Å². The van der Waals surface area contributed by atoms with Gasteiger partial charge in [-0.3, -0.25) is 4.79 Å². The maximum atomic E-state index is 12.3. The molecule has 3 amide bonds. The summed E-state index contributed by atoms with van der Waals surface area (Å²) in [5.74, 6) is -0.485. The fraction of sp³-hybridized carbons (Fsp3) is 0.263. The Morgan fingerprint density at radius 3 is 2.44 bits per heavy atom. The van der Waals surface area contributed by atoms with Crippen LogP contribution in [0.1, 0.15) is 27.5 Å². The van der Waals surface area contributed by atoms with E-state index in [0.29, 0.717) is 18.7 Å². The number of carbonyl (C=O) groups is 2. The topological polar surface area (TPSA) is 87.5 Å². The zero-order valence-electron chi connectivity index (χ0n) is 14.5. The minimum atomic E-state index is -0.485. The van der Waals surface area contributed by atoms with Gasteiger partial charge in [0.1, 0.15) is 0 Å². The molecule has 2 aromatic carbocycles. The maximum Gasteiger partial charge on any atom is 0.315 e. The molecule has 4 N–H and O–H groups in total. The number of nitrogens with two attached hydrogens (primary N) is 1. The quantitative estimate of drug-likeness (QED) is 0.719. The molecule has 6 nitrogen and oxygen atoms in total. The first-order valence-corrected chi connectivity index (χ1v) is 8.08. The van der Waals surface area contributed by atoms with E-state index < -0.39 is 5.91 Å². The number of likely N-dealkylation sites (N-methyl/N-ethyl adjacent to an activating group) is 1. The summed E-state index contributed by atoms with van der Waals surface area (Å²) in [6, 6.07) is 16.4. The van der Waals surface area contributed by atoms with Gasteiger partial charge in [-0.1, -0.05) is 42.5 Å². The highest BCUT2D eigenvalue weighted by molar-refractivity contribution is 5.92. The van der Waals surface area contributed by atoms with Crippen LogP contribution in [0.5, 0.6) is 0 Å². The molecular formula is C19H24N4O2. The molecule has 2 aromatic rings. The number of benzene rings is 2. The Morgan fingerprint density at radius 1 is 1.08 bits per heavy atom. The van der Waals surface area contributed by atoms with Gasteiger partial charge in [0, 0.05) is 18.7 Å². The monoisotopic (exact) mass is 340 g/mol. The zero-order valence-corrected chi connectivity index (χ0v) is 14.5. The molecule has 1 atom stereocenters. The predicted molar refractivity (Wildman–Crippen MR) is 98.1 cm³/mol. The standard InChI is InChI=1S/C19H24N4O2/c1-23(2)13-17(15-8-4-3-5-9-15)22-19(25)21-12-14-7-6-10-16(11-14)18(20)24/h3-11,17H,12-13H2,1-2H3,(H2,20,24)(H2,21,22,25). The third-order valence-corrected chi connectivity index (χ3v) is 3.72. The van der Waals surface area contributed by atoms with Crippen molar-refractivity contribution in [2.75, 3.05) is 20.6 Å². The van der Waals surface area contributed by atoms with Crippen LogP contribution in [0.25, 0.3) is 0 Å². The molecule has 25 heavy (non-hydrogen) atoms. The van der Waals surface area contributed by atoms with Crippen LogP contribution < -0.4 is 16.4 Å². The molecule has 0 bridgehead atoms. The first-order valence-electron chi connectivity index (χ1n) is 8.08. The van der Waals surface area contributed by atoms with Crippen LogP contribution in [0.3, 0.4) is 0 Å². The normalized spacial score (nSPS) is 11.8. The molecule has 0 aliphatic rings. The van der Waals surface area contributed by atoms with Crippen molar-refractivity contribution in [1.82, 2.24) is 15.5 Å². The van der Waals surface area contributed by atoms with Gasteiger partial charge in [0.15, 0.2) is 0 Å². The summed E-state index contributed by atoms with van der Waals surface area (Å²) in [7, 11) is 3.93. The van der Waals surface area contributed by atoms with E-state index in [1.54, 1.807) is 18.2 Å². The second-order valence-corrected chi connectivity index (χ2v) is 6.12. The van der Waals surface area contributed by atoms with Gasteiger partial charge >= 0.3 is 6.03 Å². The first kappa shape index (κ1) is 18.5. The average molecular weight is 340 g/mol. The van der Waals surface area contributed by atoms with Crippen molar-refractivity contribution in [2.45, 2.75) is 12.6 Å². The number of primary amides is 1. The van der Waals surface area contributed by atoms with Crippen molar-refractivity contribution in [3.05, 3.63) is 71.3 Å². The molecule has 0 spiro atoms. The molecule has 0 aliphatic heterocycles. The average Bonchev–Trinajstić information content (AvgIpc) is 2.60. The molecule has 1 unspecified atom stereocenters. The van der Waals surface area contributed by atoms with E-state index in [1.165, 1.54) is 0 Å². The van der Waals surface area contributed by atoms with Crippen molar-refractivity contribution in [1.29, 1.82) is 0 Å². The summed E-state index contributed by atoms with van der Waals surface area (Å²) in [5.41, 5.74) is 7.56. The fourth-order valence-electron chi connectivity index (χ4n) is 2.51. The first-order chi connectivity index (χ1) is 12.0. The Balaban J connectivity index is 1.97. The van der Waals surface area contributed by atoms with Crippen LogP contribution in [0.2, 0.25) is 0 Å². The van der Waals surface area contributed by atoms with E-state index in [0.717, 1.165) is 11.1 Å². The van der Waals surface area contributed by atoms with Crippen molar-refractivity contribution >= 4 is 11.9 Å². The molecule has 0 aliphatic carbocycles. The number of hydrogen-bond donors (Lipinski definition) is 3. The number of urea groups is 1. The van der Waals surface area contributed by atoms with Crippen molar-refractivity contribution < 1.29 is 9.59 Å². The van der Waals surface area contributed by atoms with E-state index in [4.69, 9.17) is 5.73 Å². The van der Waals surface area contributed by atoms with E-state index in [2.05, 4.69) is 10.6 Å². The van der Waals surface area contributed by atoms with Gasteiger partial charge in [-0.25, -0.2) is 4.79 Å². The molecule has 0 heterocycles. The second-order valence-electron chi connectivity index (χ2n) is 6.12. The maximum absolute atomic E-state index is 12.3. The lowest BCUT2D eigenvalue weighted by Crippen LogP contribution is -2.41. The third-order valence-electron chi connectivity index (χ3n) is 3.72. The molecule has 0 radical (unpaired) electrons. The Kier molecular flexibility index (Phi) is 6.54. The number of rotatable bonds is 7. The van der Waals surface area contributed by atoms with Crippen LogP contribution in [-0.2, 0) is 6.54 Å².